The first-order valence-electron chi connectivity index (χ1n) is 5.14. The zero-order valence-corrected chi connectivity index (χ0v) is 10.1. The Balaban J connectivity index is 2.56. The van der Waals surface area contributed by atoms with Gasteiger partial charge in [-0.1, -0.05) is 0 Å². The van der Waals surface area contributed by atoms with Crippen molar-refractivity contribution < 1.29 is 14.3 Å². The Morgan fingerprint density at radius 1 is 1.59 bits per heavy atom. The molecule has 0 bridgehead atoms. The van der Waals surface area contributed by atoms with Crippen LogP contribution in [0.4, 0.5) is 5.69 Å². The highest BCUT2D eigenvalue weighted by Gasteiger charge is 2.13. The Bertz CT molecular complexity index is 402. The highest BCUT2D eigenvalue weighted by molar-refractivity contribution is 5.78. The normalized spacial score (nSPS) is 11.7. The molecule has 1 aromatic rings. The van der Waals surface area contributed by atoms with E-state index < -0.39 is 6.04 Å². The van der Waals surface area contributed by atoms with Crippen LogP contribution < -0.4 is 10.6 Å². The van der Waals surface area contributed by atoms with E-state index >= 15 is 0 Å². The SMILES string of the molecule is CNC(=O)Cn1cc(NC(C)C(=O)OC)cn1. The zero-order valence-electron chi connectivity index (χ0n) is 10.1. The molecule has 1 aromatic heterocycles. The molecular formula is C10H16N4O3. The predicted molar refractivity (Wildman–Crippen MR) is 61.4 cm³/mol. The summed E-state index contributed by atoms with van der Waals surface area (Å²) in [7, 11) is 2.89. The second-order valence-electron chi connectivity index (χ2n) is 3.49. The molecular weight excluding hydrogens is 224 g/mol. The molecule has 17 heavy (non-hydrogen) atoms. The number of methoxy groups -OCH3 is 1. The summed E-state index contributed by atoms with van der Waals surface area (Å²) in [6, 6.07) is -0.461. The maximum absolute atomic E-state index is 11.2. The van der Waals surface area contributed by atoms with Crippen molar-refractivity contribution in [1.29, 1.82) is 0 Å². The summed E-state index contributed by atoms with van der Waals surface area (Å²) in [4.78, 5) is 22.3. The number of nitrogens with one attached hydrogen (secondary N) is 2. The first-order chi connectivity index (χ1) is 8.06. The molecule has 0 saturated heterocycles. The van der Waals surface area contributed by atoms with Crippen molar-refractivity contribution in [3.05, 3.63) is 12.4 Å². The molecule has 0 radical (unpaired) electrons. The summed E-state index contributed by atoms with van der Waals surface area (Å²) < 4.78 is 6.06. The first kappa shape index (κ1) is 13.0. The largest absolute Gasteiger partial charge is 0.467 e. The van der Waals surface area contributed by atoms with Gasteiger partial charge in [0.15, 0.2) is 0 Å². The number of carbonyl (C=O) groups excluding carboxylic acids is 2. The molecule has 0 aromatic carbocycles. The lowest BCUT2D eigenvalue weighted by Gasteiger charge is -2.10. The Morgan fingerprint density at radius 2 is 2.29 bits per heavy atom. The quantitative estimate of drug-likeness (QED) is 0.684. The standard InChI is InChI=1S/C10H16N4O3/c1-7(10(16)17-3)13-8-4-12-14(5-8)6-9(15)11-2/h4-5,7,13H,6H2,1-3H3,(H,11,15). The zero-order chi connectivity index (χ0) is 12.8. The van der Waals surface area contributed by atoms with E-state index in [0.29, 0.717) is 5.69 Å². The minimum Gasteiger partial charge on any atom is -0.467 e. The average molecular weight is 240 g/mol. The minimum atomic E-state index is -0.461. The van der Waals surface area contributed by atoms with E-state index in [1.54, 1.807) is 26.4 Å². The van der Waals surface area contributed by atoms with E-state index in [4.69, 9.17) is 0 Å². The Morgan fingerprint density at radius 3 is 2.88 bits per heavy atom. The van der Waals surface area contributed by atoms with E-state index in [2.05, 4.69) is 20.5 Å². The molecule has 0 aliphatic heterocycles. The lowest BCUT2D eigenvalue weighted by atomic mass is 10.3. The number of anilines is 1. The molecule has 1 heterocycles. The number of ether oxygens (including phenoxy) is 1. The van der Waals surface area contributed by atoms with Gasteiger partial charge in [0.05, 0.1) is 19.0 Å². The molecule has 0 aliphatic carbocycles. The van der Waals surface area contributed by atoms with Crippen molar-refractivity contribution in [3.8, 4) is 0 Å². The number of nitrogens with zero attached hydrogens (tertiary/aromatic N) is 2. The van der Waals surface area contributed by atoms with Gasteiger partial charge in [-0.3, -0.25) is 9.48 Å². The molecule has 2 N–H and O–H groups in total. The van der Waals surface area contributed by atoms with Crippen LogP contribution >= 0.6 is 0 Å². The van der Waals surface area contributed by atoms with Crippen LogP contribution in [0.3, 0.4) is 0 Å². The van der Waals surface area contributed by atoms with Crippen LogP contribution in [0.25, 0.3) is 0 Å². The van der Waals surface area contributed by atoms with Gasteiger partial charge in [-0.05, 0) is 6.92 Å². The van der Waals surface area contributed by atoms with Gasteiger partial charge in [0.25, 0.3) is 0 Å². The van der Waals surface area contributed by atoms with Gasteiger partial charge in [0.1, 0.15) is 12.6 Å². The Hall–Kier alpha value is -2.05. The third kappa shape index (κ3) is 3.78. The van der Waals surface area contributed by atoms with Gasteiger partial charge in [0, 0.05) is 13.2 Å². The summed E-state index contributed by atoms with van der Waals surface area (Å²) in [6.45, 7) is 1.83. The topological polar surface area (TPSA) is 85.2 Å². The molecule has 0 spiro atoms. The summed E-state index contributed by atoms with van der Waals surface area (Å²) >= 11 is 0. The van der Waals surface area contributed by atoms with Crippen molar-refractivity contribution >= 4 is 17.6 Å². The minimum absolute atomic E-state index is 0.138. The average Bonchev–Trinajstić information content (AvgIpc) is 2.75. The molecule has 7 heteroatoms. The van der Waals surface area contributed by atoms with Crippen LogP contribution in [-0.2, 0) is 20.9 Å². The first-order valence-corrected chi connectivity index (χ1v) is 5.14. The molecule has 1 rings (SSSR count). The van der Waals surface area contributed by atoms with E-state index in [-0.39, 0.29) is 18.4 Å². The number of rotatable bonds is 5. The van der Waals surface area contributed by atoms with Crippen LogP contribution in [-0.4, -0.2) is 41.9 Å². The molecule has 0 fully saturated rings. The van der Waals surface area contributed by atoms with Crippen LogP contribution in [0.1, 0.15) is 6.92 Å². The second kappa shape index (κ2) is 5.88. The van der Waals surface area contributed by atoms with Gasteiger partial charge in [-0.25, -0.2) is 4.79 Å². The number of amides is 1. The van der Waals surface area contributed by atoms with Gasteiger partial charge >= 0.3 is 5.97 Å². The molecule has 94 valence electrons. The number of carbonyl (C=O) groups is 2. The van der Waals surface area contributed by atoms with E-state index in [0.717, 1.165) is 0 Å². The fourth-order valence-corrected chi connectivity index (χ4v) is 1.24. The molecule has 1 amide bonds. The molecule has 1 atom stereocenters. The van der Waals surface area contributed by atoms with Crippen LogP contribution in [0.5, 0.6) is 0 Å². The number of hydrogen-bond acceptors (Lipinski definition) is 5. The molecule has 7 nitrogen and oxygen atoms in total. The fraction of sp³-hybridized carbons (Fsp3) is 0.500. The third-order valence-electron chi connectivity index (χ3n) is 2.16. The summed E-state index contributed by atoms with van der Waals surface area (Å²) in [6.07, 6.45) is 3.19. The van der Waals surface area contributed by atoms with Crippen molar-refractivity contribution in [1.82, 2.24) is 15.1 Å². The van der Waals surface area contributed by atoms with Crippen molar-refractivity contribution in [2.24, 2.45) is 0 Å². The maximum Gasteiger partial charge on any atom is 0.327 e. The Kier molecular flexibility index (Phi) is 4.50. The van der Waals surface area contributed by atoms with E-state index in [1.165, 1.54) is 11.8 Å². The Labute approximate surface area is 99.1 Å². The van der Waals surface area contributed by atoms with Gasteiger partial charge in [-0.2, -0.15) is 5.10 Å². The summed E-state index contributed by atoms with van der Waals surface area (Å²) in [5.41, 5.74) is 0.659. The number of esters is 1. The number of aromatic nitrogens is 2. The van der Waals surface area contributed by atoms with Crippen LogP contribution in [0, 0.1) is 0 Å². The summed E-state index contributed by atoms with van der Waals surface area (Å²) in [5, 5.41) is 9.39. The summed E-state index contributed by atoms with van der Waals surface area (Å²) in [5.74, 6) is -0.496. The highest BCUT2D eigenvalue weighted by atomic mass is 16.5. The monoisotopic (exact) mass is 240 g/mol. The van der Waals surface area contributed by atoms with Gasteiger partial charge in [-0.15, -0.1) is 0 Å². The molecule has 1 unspecified atom stereocenters. The van der Waals surface area contributed by atoms with E-state index in [1.807, 2.05) is 0 Å². The van der Waals surface area contributed by atoms with Crippen LogP contribution in [0.15, 0.2) is 12.4 Å². The molecule has 0 saturated carbocycles. The van der Waals surface area contributed by atoms with Crippen LogP contribution in [0.2, 0.25) is 0 Å². The smallest absolute Gasteiger partial charge is 0.327 e. The predicted octanol–water partition coefficient (Wildman–Crippen LogP) is -0.397. The van der Waals surface area contributed by atoms with Crippen molar-refractivity contribution in [3.63, 3.8) is 0 Å². The third-order valence-corrected chi connectivity index (χ3v) is 2.16. The number of likely N-dealkylation sites (N-methyl/N-ethyl adjacent to an activating group) is 1. The molecule has 0 aliphatic rings. The second-order valence-corrected chi connectivity index (χ2v) is 3.49. The van der Waals surface area contributed by atoms with E-state index in [9.17, 15) is 9.59 Å². The van der Waals surface area contributed by atoms with Crippen molar-refractivity contribution in [2.45, 2.75) is 19.5 Å². The van der Waals surface area contributed by atoms with Gasteiger partial charge < -0.3 is 15.4 Å². The lowest BCUT2D eigenvalue weighted by molar-refractivity contribution is -0.141. The fourth-order valence-electron chi connectivity index (χ4n) is 1.24. The lowest BCUT2D eigenvalue weighted by Crippen LogP contribution is -2.27. The highest BCUT2D eigenvalue weighted by Crippen LogP contribution is 2.07. The maximum atomic E-state index is 11.2. The van der Waals surface area contributed by atoms with Crippen molar-refractivity contribution in [2.75, 3.05) is 19.5 Å². The number of hydrogen-bond donors (Lipinski definition) is 2. The van der Waals surface area contributed by atoms with Gasteiger partial charge in [0.2, 0.25) is 5.91 Å².